The molecule has 4 nitrogen and oxygen atoms in total. The normalized spacial score (nSPS) is 10.1. The van der Waals surface area contributed by atoms with E-state index >= 15 is 0 Å². The van der Waals surface area contributed by atoms with Crippen LogP contribution < -0.4 is 0 Å². The molecule has 0 aliphatic heterocycles. The number of phenolic OH excluding ortho intramolecular Hbond substituents is 1. The van der Waals surface area contributed by atoms with E-state index in [0.717, 1.165) is 6.07 Å². The van der Waals surface area contributed by atoms with Crippen molar-refractivity contribution in [3.8, 4) is 5.75 Å². The Morgan fingerprint density at radius 3 is 2.47 bits per heavy atom. The van der Waals surface area contributed by atoms with Crippen molar-refractivity contribution in [2.75, 3.05) is 0 Å². The molecule has 0 aliphatic carbocycles. The van der Waals surface area contributed by atoms with Gasteiger partial charge in [0, 0.05) is 4.47 Å². The lowest BCUT2D eigenvalue weighted by Crippen LogP contribution is -2.15. The monoisotopic (exact) mass is 276 g/mol. The minimum Gasteiger partial charge on any atom is -0.504 e. The standard InChI is InChI=1S/C9H6BrFO4/c1-3-4(10)2-5(11)7(12)6(3)8(13)9(14)15/h2,12H,1H3,(H,14,15). The lowest BCUT2D eigenvalue weighted by molar-refractivity contribution is -0.131. The van der Waals surface area contributed by atoms with Crippen LogP contribution in [-0.4, -0.2) is 22.0 Å². The number of halogens is 2. The van der Waals surface area contributed by atoms with E-state index in [9.17, 15) is 19.1 Å². The van der Waals surface area contributed by atoms with Crippen LogP contribution in [0.5, 0.6) is 5.75 Å². The Morgan fingerprint density at radius 2 is 2.00 bits per heavy atom. The van der Waals surface area contributed by atoms with Crippen molar-refractivity contribution >= 4 is 27.7 Å². The Bertz CT molecular complexity index is 430. The van der Waals surface area contributed by atoms with Gasteiger partial charge in [0.25, 0.3) is 5.78 Å². The van der Waals surface area contributed by atoms with Gasteiger partial charge in [-0.15, -0.1) is 0 Å². The number of carboxylic acid groups (broad SMARTS) is 1. The lowest BCUT2D eigenvalue weighted by Gasteiger charge is -2.07. The topological polar surface area (TPSA) is 74.6 Å². The zero-order valence-corrected chi connectivity index (χ0v) is 9.13. The molecular weight excluding hydrogens is 271 g/mol. The van der Waals surface area contributed by atoms with Crippen LogP contribution in [0.3, 0.4) is 0 Å². The third-order valence-electron chi connectivity index (χ3n) is 1.87. The van der Waals surface area contributed by atoms with E-state index in [4.69, 9.17) is 5.11 Å². The minimum absolute atomic E-state index is 0.182. The summed E-state index contributed by atoms with van der Waals surface area (Å²) >= 11 is 2.95. The van der Waals surface area contributed by atoms with Crippen LogP contribution in [0.1, 0.15) is 15.9 Å². The largest absolute Gasteiger partial charge is 0.504 e. The second-order valence-corrected chi connectivity index (χ2v) is 3.68. The first-order valence-corrected chi connectivity index (χ1v) is 4.60. The molecule has 0 heterocycles. The maximum atomic E-state index is 13.0. The van der Waals surface area contributed by atoms with E-state index in [0.29, 0.717) is 0 Å². The number of aliphatic carboxylic acids is 1. The van der Waals surface area contributed by atoms with Crippen molar-refractivity contribution in [1.82, 2.24) is 0 Å². The molecule has 1 aromatic rings. The number of carbonyl (C=O) groups is 2. The molecule has 0 saturated heterocycles. The average molecular weight is 277 g/mol. The summed E-state index contributed by atoms with van der Waals surface area (Å²) in [6, 6.07) is 0.962. The Labute approximate surface area is 92.5 Å². The van der Waals surface area contributed by atoms with E-state index in [1.54, 1.807) is 0 Å². The van der Waals surface area contributed by atoms with Crippen molar-refractivity contribution in [3.63, 3.8) is 0 Å². The number of aromatic hydroxyl groups is 1. The Hall–Kier alpha value is -1.43. The van der Waals surface area contributed by atoms with Gasteiger partial charge in [-0.25, -0.2) is 9.18 Å². The number of ketones is 1. The maximum Gasteiger partial charge on any atom is 0.377 e. The molecule has 0 amide bonds. The predicted octanol–water partition coefficient (Wildman–Crippen LogP) is 1.87. The van der Waals surface area contributed by atoms with Crippen molar-refractivity contribution in [2.45, 2.75) is 6.92 Å². The molecule has 6 heteroatoms. The molecule has 0 bridgehead atoms. The third-order valence-corrected chi connectivity index (χ3v) is 2.69. The molecule has 15 heavy (non-hydrogen) atoms. The summed E-state index contributed by atoms with van der Waals surface area (Å²) in [4.78, 5) is 21.6. The summed E-state index contributed by atoms with van der Waals surface area (Å²) in [5.74, 6) is -5.07. The Balaban J connectivity index is 3.53. The van der Waals surface area contributed by atoms with Crippen LogP contribution in [-0.2, 0) is 4.79 Å². The molecule has 0 atom stereocenters. The van der Waals surface area contributed by atoms with Gasteiger partial charge in [-0.1, -0.05) is 15.9 Å². The Kier molecular flexibility index (Phi) is 3.09. The highest BCUT2D eigenvalue weighted by Gasteiger charge is 2.24. The summed E-state index contributed by atoms with van der Waals surface area (Å²) in [5.41, 5.74) is -0.351. The van der Waals surface area contributed by atoms with E-state index in [2.05, 4.69) is 15.9 Å². The molecule has 0 spiro atoms. The van der Waals surface area contributed by atoms with Gasteiger partial charge in [-0.05, 0) is 18.6 Å². The zero-order valence-electron chi connectivity index (χ0n) is 7.54. The number of phenols is 1. The van der Waals surface area contributed by atoms with Crippen molar-refractivity contribution in [1.29, 1.82) is 0 Å². The molecule has 80 valence electrons. The second kappa shape index (κ2) is 3.98. The van der Waals surface area contributed by atoms with Gasteiger partial charge in [0.1, 0.15) is 0 Å². The van der Waals surface area contributed by atoms with Crippen LogP contribution in [0.25, 0.3) is 0 Å². The molecule has 0 aromatic heterocycles. The first-order valence-electron chi connectivity index (χ1n) is 3.81. The van der Waals surface area contributed by atoms with Crippen LogP contribution in [0, 0.1) is 12.7 Å². The van der Waals surface area contributed by atoms with E-state index in [1.165, 1.54) is 6.92 Å². The summed E-state index contributed by atoms with van der Waals surface area (Å²) < 4.78 is 13.2. The molecular formula is C9H6BrFO4. The fraction of sp³-hybridized carbons (Fsp3) is 0.111. The highest BCUT2D eigenvalue weighted by molar-refractivity contribution is 9.10. The zero-order chi connectivity index (χ0) is 11.7. The van der Waals surface area contributed by atoms with Gasteiger partial charge < -0.3 is 10.2 Å². The summed E-state index contributed by atoms with van der Waals surface area (Å²) in [5, 5.41) is 17.7. The number of hydrogen-bond acceptors (Lipinski definition) is 3. The summed E-state index contributed by atoms with van der Waals surface area (Å²) in [6.07, 6.45) is 0. The third kappa shape index (κ3) is 1.99. The number of hydrogen-bond donors (Lipinski definition) is 2. The Morgan fingerprint density at radius 1 is 1.47 bits per heavy atom. The summed E-state index contributed by atoms with van der Waals surface area (Å²) in [6.45, 7) is 1.40. The van der Waals surface area contributed by atoms with Gasteiger partial charge in [-0.3, -0.25) is 4.79 Å². The van der Waals surface area contributed by atoms with Gasteiger partial charge in [0.05, 0.1) is 5.56 Å². The van der Waals surface area contributed by atoms with Gasteiger partial charge in [-0.2, -0.15) is 0 Å². The number of Topliss-reactive ketones (excluding diaryl/α,β-unsaturated/α-hetero) is 1. The number of carboxylic acids is 1. The van der Waals surface area contributed by atoms with E-state index in [-0.39, 0.29) is 10.0 Å². The van der Waals surface area contributed by atoms with Gasteiger partial charge >= 0.3 is 5.97 Å². The number of benzene rings is 1. The molecule has 0 saturated carbocycles. The van der Waals surface area contributed by atoms with Crippen molar-refractivity contribution in [2.24, 2.45) is 0 Å². The summed E-state index contributed by atoms with van der Waals surface area (Å²) in [7, 11) is 0. The van der Waals surface area contributed by atoms with E-state index in [1.807, 2.05) is 0 Å². The van der Waals surface area contributed by atoms with Crippen LogP contribution >= 0.6 is 15.9 Å². The smallest absolute Gasteiger partial charge is 0.377 e. The molecule has 0 aliphatic rings. The average Bonchev–Trinajstić information content (AvgIpc) is 2.15. The number of carbonyl (C=O) groups excluding carboxylic acids is 1. The molecule has 0 unspecified atom stereocenters. The maximum absolute atomic E-state index is 13.0. The van der Waals surface area contributed by atoms with Crippen LogP contribution in [0.2, 0.25) is 0 Å². The lowest BCUT2D eigenvalue weighted by atomic mass is 10.0. The highest BCUT2D eigenvalue weighted by atomic mass is 79.9. The van der Waals surface area contributed by atoms with E-state index < -0.39 is 28.9 Å². The first-order chi connectivity index (χ1) is 6.86. The first kappa shape index (κ1) is 11.6. The van der Waals surface area contributed by atoms with Crippen LogP contribution in [0.15, 0.2) is 10.5 Å². The molecule has 1 aromatic carbocycles. The molecule has 1 rings (SSSR count). The van der Waals surface area contributed by atoms with Gasteiger partial charge in [0.2, 0.25) is 0 Å². The SMILES string of the molecule is Cc1c(Br)cc(F)c(O)c1C(=O)C(=O)O. The fourth-order valence-corrected chi connectivity index (χ4v) is 1.49. The second-order valence-electron chi connectivity index (χ2n) is 2.82. The fourth-order valence-electron chi connectivity index (χ4n) is 1.09. The number of rotatable bonds is 2. The highest BCUT2D eigenvalue weighted by Crippen LogP contribution is 2.31. The van der Waals surface area contributed by atoms with Crippen LogP contribution in [0.4, 0.5) is 4.39 Å². The van der Waals surface area contributed by atoms with Crippen molar-refractivity contribution in [3.05, 3.63) is 27.5 Å². The quantitative estimate of drug-likeness (QED) is 0.639. The molecule has 2 N–H and O–H groups in total. The molecule has 0 fully saturated rings. The minimum atomic E-state index is -1.74. The predicted molar refractivity (Wildman–Crippen MR) is 52.5 cm³/mol. The molecule has 0 radical (unpaired) electrons. The van der Waals surface area contributed by atoms with Gasteiger partial charge in [0.15, 0.2) is 11.6 Å². The van der Waals surface area contributed by atoms with Crippen molar-refractivity contribution < 1.29 is 24.2 Å².